The molecule has 0 heterocycles. The van der Waals surface area contributed by atoms with E-state index < -0.39 is 71.6 Å². The summed E-state index contributed by atoms with van der Waals surface area (Å²) in [7, 11) is -19.1. The van der Waals surface area contributed by atoms with E-state index in [1.807, 2.05) is 0 Å². The highest BCUT2D eigenvalue weighted by molar-refractivity contribution is 7.91. The monoisotopic (exact) mass is 891 g/mol. The van der Waals surface area contributed by atoms with Crippen molar-refractivity contribution in [2.24, 2.45) is 25.6 Å². The molecule has 7 N–H and O–H groups in total. The molecule has 60 heavy (non-hydrogen) atoms. The molecule has 0 bridgehead atoms. The van der Waals surface area contributed by atoms with Gasteiger partial charge in [0.25, 0.3) is 40.5 Å². The minimum Gasteiger partial charge on any atom is -0.399 e. The van der Waals surface area contributed by atoms with Crippen molar-refractivity contribution >= 4 is 114 Å². The molecule has 0 radical (unpaired) electrons. The lowest BCUT2D eigenvalue weighted by Gasteiger charge is -2.17. The lowest BCUT2D eigenvalue weighted by atomic mass is 9.94. The number of anilines is 2. The maximum absolute atomic E-state index is 13.4. The molecule has 7 rings (SSSR count). The Bertz CT molecular complexity index is 3440. The Kier molecular flexibility index (Phi) is 10.5. The number of carbonyl (C=O) groups is 1. The van der Waals surface area contributed by atoms with Crippen molar-refractivity contribution < 1.29 is 56.7 Å². The third kappa shape index (κ3) is 8.56. The molecule has 0 fully saturated rings. The quantitative estimate of drug-likeness (QED) is 0.0347. The molecule has 1 aliphatic carbocycles. The number of nitrogens with zero attached hydrogens (tertiary/aromatic N) is 5. The fourth-order valence-electron chi connectivity index (χ4n) is 5.99. The number of ketones is 1. The van der Waals surface area contributed by atoms with Crippen LogP contribution < -0.4 is 11.2 Å². The second-order valence-corrected chi connectivity index (χ2v) is 18.4. The molecule has 6 aromatic carbocycles. The number of benzene rings is 6. The normalized spacial score (nSPS) is 14.6. The number of nitrogens with two attached hydrogens (primary N) is 1. The van der Waals surface area contributed by atoms with E-state index in [2.05, 4.69) is 31.0 Å². The van der Waals surface area contributed by atoms with Crippen molar-refractivity contribution in [2.45, 2.75) is 14.7 Å². The standard InChI is InChI=1S/C36H25N7O13S4/c37-20-4-7-25-19(14-20)15-34(60(54,55)56)35(36(25)44)43-42-31-11-13-33(29-18-24(59(51,52)53)6-9-27(29)31)41-40-30-10-12-32(28-17-23(58(48,49)50)5-8-26(28)30)39-38-21-2-1-3-22(16-21)57(45,46)47/h1-18,42H,37H2,(H,45,46,47)(H,48,49,50)(H,51,52,53)(H,54,55,56)/b39-38?,41-40?,43-35-. The molecule has 0 unspecified atom stereocenters. The van der Waals surface area contributed by atoms with Crippen LogP contribution in [-0.2, 0) is 40.5 Å². The maximum Gasteiger partial charge on any atom is 0.296 e. The van der Waals surface area contributed by atoms with E-state index in [9.17, 15) is 56.7 Å². The average molecular weight is 892 g/mol. The average Bonchev–Trinajstić information content (AvgIpc) is 3.17. The van der Waals surface area contributed by atoms with Gasteiger partial charge in [0.1, 0.15) is 4.91 Å². The van der Waals surface area contributed by atoms with Crippen molar-refractivity contribution in [3.8, 4) is 0 Å². The number of hydrogen-bond acceptors (Lipinski definition) is 16. The fraction of sp³-hybridized carbons (Fsp3) is 0. The van der Waals surface area contributed by atoms with Crippen molar-refractivity contribution in [2.75, 3.05) is 11.2 Å². The smallest absolute Gasteiger partial charge is 0.296 e. The third-order valence-corrected chi connectivity index (χ3v) is 12.2. The predicted molar refractivity (Wildman–Crippen MR) is 218 cm³/mol. The van der Waals surface area contributed by atoms with Crippen LogP contribution >= 0.6 is 0 Å². The largest absolute Gasteiger partial charge is 0.399 e. The Balaban J connectivity index is 1.31. The Hall–Kier alpha value is -6.64. The molecule has 0 spiro atoms. The van der Waals surface area contributed by atoms with Gasteiger partial charge in [-0.15, -0.1) is 15.3 Å². The molecule has 0 saturated heterocycles. The third-order valence-electron chi connectivity index (χ3n) is 8.78. The molecule has 6 aromatic rings. The van der Waals surface area contributed by atoms with Gasteiger partial charge in [-0.2, -0.15) is 43.9 Å². The zero-order valence-corrected chi connectivity index (χ0v) is 33.1. The zero-order valence-electron chi connectivity index (χ0n) is 29.8. The van der Waals surface area contributed by atoms with E-state index in [1.165, 1.54) is 66.7 Å². The minimum absolute atomic E-state index is 0.00216. The van der Waals surface area contributed by atoms with Gasteiger partial charge in [0.05, 0.1) is 43.1 Å². The summed E-state index contributed by atoms with van der Waals surface area (Å²) in [5.41, 5.74) is 8.27. The Morgan fingerprint density at radius 1 is 0.517 bits per heavy atom. The molecule has 0 atom stereocenters. The van der Waals surface area contributed by atoms with Crippen LogP contribution in [0.2, 0.25) is 0 Å². The fourth-order valence-corrected chi connectivity index (χ4v) is 8.18. The number of Topliss-reactive ketones (excluding diaryl/α,β-unsaturated/α-hetero) is 1. The number of hydrazone groups is 1. The summed E-state index contributed by atoms with van der Waals surface area (Å²) in [6.45, 7) is 0. The van der Waals surface area contributed by atoms with E-state index in [0.717, 1.165) is 42.5 Å². The van der Waals surface area contributed by atoms with Gasteiger partial charge in [-0.1, -0.05) is 18.2 Å². The second kappa shape index (κ2) is 15.2. The van der Waals surface area contributed by atoms with Gasteiger partial charge in [-0.3, -0.25) is 28.4 Å². The molecular weight excluding hydrogens is 867 g/mol. The van der Waals surface area contributed by atoms with Crippen LogP contribution in [0.1, 0.15) is 15.9 Å². The summed E-state index contributed by atoms with van der Waals surface area (Å²) >= 11 is 0. The first kappa shape index (κ1) is 41.5. The number of azo groups is 2. The second-order valence-electron chi connectivity index (χ2n) is 12.7. The van der Waals surface area contributed by atoms with E-state index in [4.69, 9.17) is 5.73 Å². The van der Waals surface area contributed by atoms with Gasteiger partial charge in [-0.05, 0) is 96.6 Å². The zero-order chi connectivity index (χ0) is 43.4. The van der Waals surface area contributed by atoms with E-state index >= 15 is 0 Å². The van der Waals surface area contributed by atoms with Gasteiger partial charge in [0, 0.05) is 32.8 Å². The molecule has 0 amide bonds. The SMILES string of the molecule is Nc1ccc2c(c1)C=C(S(=O)(=O)O)/C(=N/Nc1ccc(N=Nc3ccc(N=Nc4cccc(S(=O)(=O)O)c4)c4cc(S(=O)(=O)O)ccc34)c3cc(S(=O)(=O)O)ccc13)C2=O. The molecule has 0 aliphatic heterocycles. The predicted octanol–water partition coefficient (Wildman–Crippen LogP) is 7.04. The van der Waals surface area contributed by atoms with Gasteiger partial charge in [-0.25, -0.2) is 0 Å². The Morgan fingerprint density at radius 3 is 1.65 bits per heavy atom. The Labute approximate surface area is 339 Å². The van der Waals surface area contributed by atoms with Crippen LogP contribution in [0, 0.1) is 0 Å². The first-order chi connectivity index (χ1) is 28.1. The Morgan fingerprint density at radius 2 is 1.05 bits per heavy atom. The molecule has 0 aromatic heterocycles. The van der Waals surface area contributed by atoms with Crippen LogP contribution in [0.3, 0.4) is 0 Å². The van der Waals surface area contributed by atoms with Crippen molar-refractivity contribution in [1.29, 1.82) is 0 Å². The van der Waals surface area contributed by atoms with Crippen molar-refractivity contribution in [3.05, 3.63) is 119 Å². The van der Waals surface area contributed by atoms with Gasteiger partial charge < -0.3 is 5.73 Å². The molecule has 306 valence electrons. The molecular formula is C36H25N7O13S4. The molecule has 1 aliphatic rings. The van der Waals surface area contributed by atoms with Gasteiger partial charge in [0.2, 0.25) is 5.78 Å². The van der Waals surface area contributed by atoms with E-state index in [1.54, 1.807) is 0 Å². The lowest BCUT2D eigenvalue weighted by Crippen LogP contribution is -2.27. The number of fused-ring (bicyclic) bond motifs is 3. The number of allylic oxidation sites excluding steroid dienone is 1. The molecule has 0 saturated carbocycles. The summed E-state index contributed by atoms with van der Waals surface area (Å²) in [5.74, 6) is -0.870. The summed E-state index contributed by atoms with van der Waals surface area (Å²) in [6.07, 6.45) is 1.02. The number of rotatable bonds is 10. The summed E-state index contributed by atoms with van der Waals surface area (Å²) in [5, 5.41) is 21.2. The van der Waals surface area contributed by atoms with Crippen LogP contribution in [0.5, 0.6) is 0 Å². The van der Waals surface area contributed by atoms with Crippen LogP contribution in [0.25, 0.3) is 27.6 Å². The van der Waals surface area contributed by atoms with Crippen LogP contribution in [0.15, 0.2) is 148 Å². The maximum atomic E-state index is 13.4. The number of hydrogen-bond donors (Lipinski definition) is 6. The first-order valence-electron chi connectivity index (χ1n) is 16.5. The molecule has 20 nitrogen and oxygen atoms in total. The number of nitrogen functional groups attached to an aromatic ring is 1. The minimum atomic E-state index is -5.00. The summed E-state index contributed by atoms with van der Waals surface area (Å²) in [6, 6.07) is 21.3. The van der Waals surface area contributed by atoms with E-state index in [0.29, 0.717) is 0 Å². The highest BCUT2D eigenvalue weighted by Gasteiger charge is 2.33. The van der Waals surface area contributed by atoms with Gasteiger partial charge in [0.15, 0.2) is 5.71 Å². The topological polar surface area (TPSA) is 334 Å². The molecule has 24 heteroatoms. The van der Waals surface area contributed by atoms with Crippen LogP contribution in [-0.4, -0.2) is 63.4 Å². The summed E-state index contributed by atoms with van der Waals surface area (Å²) < 4.78 is 135. The summed E-state index contributed by atoms with van der Waals surface area (Å²) in [4.78, 5) is 11.0. The highest BCUT2D eigenvalue weighted by atomic mass is 32.2. The number of carbonyl (C=O) groups excluding carboxylic acids is 1. The lowest BCUT2D eigenvalue weighted by molar-refractivity contribution is 0.106. The van der Waals surface area contributed by atoms with Crippen molar-refractivity contribution in [3.63, 3.8) is 0 Å². The highest BCUT2D eigenvalue weighted by Crippen LogP contribution is 2.39. The van der Waals surface area contributed by atoms with Crippen molar-refractivity contribution in [1.82, 2.24) is 0 Å². The number of nitrogens with one attached hydrogen (secondary N) is 1. The van der Waals surface area contributed by atoms with E-state index in [-0.39, 0.29) is 66.8 Å². The van der Waals surface area contributed by atoms with Gasteiger partial charge >= 0.3 is 0 Å². The first-order valence-corrected chi connectivity index (χ1v) is 22.3. The van der Waals surface area contributed by atoms with Crippen LogP contribution in [0.4, 0.5) is 34.1 Å².